The fourth-order valence-corrected chi connectivity index (χ4v) is 16.9. The number of hydrogen-bond donors (Lipinski definition) is 2. The average Bonchev–Trinajstić information content (AvgIpc) is 1.59. The second-order valence-corrected chi connectivity index (χ2v) is 28.0. The van der Waals surface area contributed by atoms with Crippen LogP contribution < -0.4 is 20.9 Å². The Labute approximate surface area is 584 Å². The first kappa shape index (κ1) is 73.0. The van der Waals surface area contributed by atoms with Crippen molar-refractivity contribution >= 4 is 115 Å². The lowest BCUT2D eigenvalue weighted by molar-refractivity contribution is -1.08. The van der Waals surface area contributed by atoms with Crippen molar-refractivity contribution in [1.29, 1.82) is 0 Å². The van der Waals surface area contributed by atoms with Crippen molar-refractivity contribution in [2.24, 2.45) is 47.0 Å². The first-order chi connectivity index (χ1) is 44.4. The maximum Gasteiger partial charge on any atom is 0.355 e. The van der Waals surface area contributed by atoms with Crippen molar-refractivity contribution in [3.63, 3.8) is 0 Å². The Kier molecular flexibility index (Phi) is 25.3. The third kappa shape index (κ3) is 16.2. The largest absolute Gasteiger partial charge is 0.488 e. The van der Waals surface area contributed by atoms with Crippen LogP contribution in [0, 0.1) is 42.6 Å². The zero-order valence-electron chi connectivity index (χ0n) is 53.3. The zero-order valence-corrected chi connectivity index (χ0v) is 59.8. The van der Waals surface area contributed by atoms with E-state index in [9.17, 15) is 38.4 Å². The standard InChI is InChI=1S/C33H42IN4O8.C25H27I2NO7.C8H15N3O/c1-5-16-43-33(42)30-24(21(3)29-27(31(40)36(29)30)22(4)32(41)46-45-17-6-2)20-44-25-9-7-8-23(28(25)34)18-37-10-13-38(14-11-37,15-12-37)19-26(35)39;1-5-10-32-25(31)22-17(13-33-18-9-7-8-16(12-26)20(18)27)14(3)21-19(23(29)28(21)22)15(4)24(30)35-34-11-6-2;9-8(12)7-11-4-1-10(2-5-11)3-6-11/h5-9,21-22,27,29H,1-2,10-20H2,3-4H3,(H-,35,39);5-9,14-15,19,21H,1-2,10-13H2,3-4H3;1-7H2,(H-,9,12)/q+1;;/p+2/t21-,22?,27?,29?,37?,38?;14-,15?,19?,21?;/m00./s1. The highest BCUT2D eigenvalue weighted by Gasteiger charge is 2.63. The molecule has 0 radical (unpaired) electrons. The number of nitrogens with zero attached hydrogens (tertiary/aromatic N) is 6. The van der Waals surface area contributed by atoms with Crippen molar-refractivity contribution in [3.8, 4) is 11.5 Å². The molecule has 12 rings (SSSR count). The number of benzene rings is 2. The number of ether oxygens (including phenoxy) is 4. The van der Waals surface area contributed by atoms with Gasteiger partial charge in [-0.1, -0.05) is 112 Å². The van der Waals surface area contributed by atoms with Crippen LogP contribution in [0.3, 0.4) is 0 Å². The highest BCUT2D eigenvalue weighted by atomic mass is 127. The Hall–Kier alpha value is -5.81. The van der Waals surface area contributed by atoms with Crippen molar-refractivity contribution in [2.45, 2.75) is 50.8 Å². The number of alkyl halides is 1. The fraction of sp³-hybridized carbons (Fsp3) is 0.515. The molecule has 8 saturated heterocycles. The summed E-state index contributed by atoms with van der Waals surface area (Å²) in [6, 6.07) is 11.0. The first-order valence-corrected chi connectivity index (χ1v) is 34.9. The summed E-state index contributed by atoms with van der Waals surface area (Å²) in [5.74, 6) is -5.67. The number of quaternary nitrogens is 3. The van der Waals surface area contributed by atoms with Gasteiger partial charge >= 0.3 is 23.9 Å². The van der Waals surface area contributed by atoms with E-state index in [0.717, 1.165) is 116 Å². The van der Waals surface area contributed by atoms with E-state index in [1.807, 2.05) is 44.2 Å². The number of hydrogen-bond acceptors (Lipinski definition) is 17. The molecule has 24 nitrogen and oxygen atoms in total. The molecular formula is C66H86I3N8O16+3. The van der Waals surface area contributed by atoms with Crippen LogP contribution in [0.15, 0.2) is 110 Å². The lowest BCUT2D eigenvalue weighted by atomic mass is 9.74. The Morgan fingerprint density at radius 2 is 0.957 bits per heavy atom. The molecule has 0 saturated carbocycles. The van der Waals surface area contributed by atoms with Crippen LogP contribution in [0.1, 0.15) is 38.8 Å². The Balaban J connectivity index is 0.000000207. The maximum atomic E-state index is 13.4. The van der Waals surface area contributed by atoms with Crippen molar-refractivity contribution < 1.29 is 90.3 Å². The maximum absolute atomic E-state index is 13.4. The van der Waals surface area contributed by atoms with Gasteiger partial charge in [0, 0.05) is 52.6 Å². The number of piperazine rings is 6. The number of carbonyl (C=O) groups is 8. The molecule has 8 atom stereocenters. The summed E-state index contributed by atoms with van der Waals surface area (Å²) in [6.07, 6.45) is 5.82. The third-order valence-electron chi connectivity index (χ3n) is 19.4. The number of primary amides is 2. The Morgan fingerprint density at radius 1 is 0.581 bits per heavy atom. The fourth-order valence-electron chi connectivity index (χ4n) is 14.1. The summed E-state index contributed by atoms with van der Waals surface area (Å²) in [7, 11) is 0. The van der Waals surface area contributed by atoms with E-state index in [1.165, 1.54) is 39.7 Å². The number of fused-ring (bicyclic) bond motifs is 8. The number of halogens is 3. The monoisotopic (exact) mass is 1630 g/mol. The number of rotatable bonds is 29. The van der Waals surface area contributed by atoms with Crippen LogP contribution >= 0.6 is 67.8 Å². The van der Waals surface area contributed by atoms with Gasteiger partial charge in [-0.2, -0.15) is 9.78 Å². The molecule has 504 valence electrons. The van der Waals surface area contributed by atoms with Gasteiger partial charge in [0.2, 0.25) is 11.8 Å². The van der Waals surface area contributed by atoms with Crippen LogP contribution in [-0.2, 0) is 78.4 Å². The minimum Gasteiger partial charge on any atom is -0.488 e. The predicted octanol–water partition coefficient (Wildman–Crippen LogP) is 5.05. The number of carbonyl (C=O) groups excluding carboxylic acids is 8. The Bertz CT molecular complexity index is 3260. The summed E-state index contributed by atoms with van der Waals surface area (Å²) in [6.45, 7) is 36.0. The van der Waals surface area contributed by atoms with Crippen molar-refractivity contribution in [1.82, 2.24) is 14.7 Å². The van der Waals surface area contributed by atoms with Crippen LogP contribution in [-0.4, -0.2) is 219 Å². The predicted molar refractivity (Wildman–Crippen MR) is 366 cm³/mol. The topological polar surface area (TPSA) is 272 Å². The number of nitrogens with two attached hydrogens (primary N) is 2. The summed E-state index contributed by atoms with van der Waals surface area (Å²) >= 11 is 6.86. The first-order valence-electron chi connectivity index (χ1n) is 31.2. The summed E-state index contributed by atoms with van der Waals surface area (Å²) in [5, 5.41) is 0. The normalized spacial score (nSPS) is 27.5. The number of esters is 2. The van der Waals surface area contributed by atoms with Crippen molar-refractivity contribution in [2.75, 3.05) is 131 Å². The van der Waals surface area contributed by atoms with Crippen LogP contribution in [0.25, 0.3) is 0 Å². The molecule has 0 aromatic heterocycles. The van der Waals surface area contributed by atoms with Crippen LogP contribution in [0.4, 0.5) is 0 Å². The molecule has 10 aliphatic rings. The van der Waals surface area contributed by atoms with Gasteiger partial charge in [-0.25, -0.2) is 19.2 Å². The van der Waals surface area contributed by atoms with E-state index in [2.05, 4.69) is 105 Å². The van der Waals surface area contributed by atoms with Crippen LogP contribution in [0.2, 0.25) is 0 Å². The van der Waals surface area contributed by atoms with Gasteiger partial charge in [0.25, 0.3) is 11.8 Å². The van der Waals surface area contributed by atoms with E-state index in [1.54, 1.807) is 13.8 Å². The molecule has 8 fully saturated rings. The highest BCUT2D eigenvalue weighted by molar-refractivity contribution is 14.1. The smallest absolute Gasteiger partial charge is 0.355 e. The molecule has 10 aliphatic heterocycles. The van der Waals surface area contributed by atoms with Gasteiger partial charge in [-0.15, -0.1) is 13.2 Å². The van der Waals surface area contributed by atoms with E-state index < -0.39 is 59.6 Å². The van der Waals surface area contributed by atoms with E-state index in [0.29, 0.717) is 35.7 Å². The van der Waals surface area contributed by atoms with E-state index >= 15 is 0 Å². The molecule has 27 heteroatoms. The third-order valence-corrected chi connectivity index (χ3v) is 22.7. The Morgan fingerprint density at radius 3 is 1.34 bits per heavy atom. The quantitative estimate of drug-likeness (QED) is 0.0124. The lowest BCUT2D eigenvalue weighted by Crippen LogP contribution is -2.75. The molecule has 0 spiro atoms. The van der Waals surface area contributed by atoms with Crippen LogP contribution in [0.5, 0.6) is 11.5 Å². The summed E-state index contributed by atoms with van der Waals surface area (Å²) in [5.41, 5.74) is 14.7. The zero-order chi connectivity index (χ0) is 67.5. The van der Waals surface area contributed by atoms with Crippen molar-refractivity contribution in [3.05, 3.63) is 128 Å². The van der Waals surface area contributed by atoms with Gasteiger partial charge in [0.05, 0.1) is 62.5 Å². The summed E-state index contributed by atoms with van der Waals surface area (Å²) in [4.78, 5) is 125. The summed E-state index contributed by atoms with van der Waals surface area (Å²) < 4.78 is 28.7. The number of β-lactam (4-membered cyclic amide) rings is 2. The molecule has 4 amide bonds. The minimum absolute atomic E-state index is 0.00712. The average molecular weight is 1630 g/mol. The van der Waals surface area contributed by atoms with Gasteiger partial charge < -0.3 is 53.7 Å². The van der Waals surface area contributed by atoms with E-state index in [-0.39, 0.29) is 86.5 Å². The van der Waals surface area contributed by atoms with Gasteiger partial charge in [-0.3, -0.25) is 33.9 Å². The minimum atomic E-state index is -0.791. The molecule has 6 unspecified atom stereocenters. The van der Waals surface area contributed by atoms with Gasteiger partial charge in [0.1, 0.15) is 108 Å². The number of amides is 4. The van der Waals surface area contributed by atoms with Gasteiger partial charge in [-0.05, 0) is 62.9 Å². The molecule has 2 aromatic carbocycles. The SMILES string of the molecule is C=CCOOC(=O)C(C)C1C(=O)N2C(C(=O)OCC=C)=C(COc3cccc(CI)c3I)[C@H](C)C12.C=CCOOC(=O)C(C)C1C(=O)N2C(C(=O)OCC=C)=C(COc3cccc(C[N+]45CC[N+](CC(N)=O)(CC4)CC5)c3I)[C@H](C)C12.NC(=O)C[N+]12CCN(CC1)CC2. The van der Waals surface area contributed by atoms with Gasteiger partial charge in [0.15, 0.2) is 13.1 Å². The molecule has 93 heavy (non-hydrogen) atoms. The van der Waals surface area contributed by atoms with E-state index in [4.69, 9.17) is 50.0 Å². The molecule has 0 aliphatic carbocycles. The molecule has 4 bridgehead atoms. The highest BCUT2D eigenvalue weighted by Crippen LogP contribution is 2.51. The second-order valence-electron chi connectivity index (χ2n) is 25.0. The lowest BCUT2D eigenvalue weighted by Gasteiger charge is -2.55. The second kappa shape index (κ2) is 32.3. The molecule has 10 heterocycles. The molecule has 4 N–H and O–H groups in total. The molecular weight excluding hydrogens is 1540 g/mol. The molecule has 2 aromatic rings.